The molecule has 0 aliphatic carbocycles. The standard InChI is InChI=1S/C12H14Cl2N2O3/c1-3-19-12(18)7-16(8-17)15(2)9-4-5-10(13)11(14)6-9/h4-6,8H,3,7H2,1-2H3. The van der Waals surface area contributed by atoms with Gasteiger partial charge in [0.1, 0.15) is 6.54 Å². The largest absolute Gasteiger partial charge is 0.465 e. The van der Waals surface area contributed by atoms with Crippen molar-refractivity contribution >= 4 is 41.3 Å². The fraction of sp³-hybridized carbons (Fsp3) is 0.333. The number of rotatable bonds is 6. The van der Waals surface area contributed by atoms with Gasteiger partial charge >= 0.3 is 5.97 Å². The third kappa shape index (κ3) is 4.29. The second-order valence-corrected chi connectivity index (χ2v) is 4.44. The van der Waals surface area contributed by atoms with E-state index in [1.807, 2.05) is 0 Å². The summed E-state index contributed by atoms with van der Waals surface area (Å²) in [6, 6.07) is 4.91. The molecule has 1 aromatic carbocycles. The molecule has 0 heterocycles. The number of hydrazine groups is 1. The highest BCUT2D eigenvalue weighted by molar-refractivity contribution is 6.42. The molecule has 0 atom stereocenters. The quantitative estimate of drug-likeness (QED) is 0.460. The zero-order chi connectivity index (χ0) is 14.4. The molecule has 0 bridgehead atoms. The zero-order valence-electron chi connectivity index (χ0n) is 10.6. The highest BCUT2D eigenvalue weighted by atomic mass is 35.5. The zero-order valence-corrected chi connectivity index (χ0v) is 12.1. The molecule has 0 spiro atoms. The van der Waals surface area contributed by atoms with Gasteiger partial charge in [-0.25, -0.2) is 5.01 Å². The van der Waals surface area contributed by atoms with E-state index >= 15 is 0 Å². The number of hydrogen-bond donors (Lipinski definition) is 0. The first-order valence-electron chi connectivity index (χ1n) is 5.55. The molecule has 0 fully saturated rings. The molecule has 0 aliphatic rings. The summed E-state index contributed by atoms with van der Waals surface area (Å²) < 4.78 is 4.79. The molecule has 0 saturated heterocycles. The van der Waals surface area contributed by atoms with Crippen LogP contribution in [0.5, 0.6) is 0 Å². The second kappa shape index (κ2) is 7.21. The van der Waals surface area contributed by atoms with Crippen molar-refractivity contribution in [1.29, 1.82) is 0 Å². The fourth-order valence-electron chi connectivity index (χ4n) is 1.39. The first-order chi connectivity index (χ1) is 8.99. The number of hydrogen-bond acceptors (Lipinski definition) is 4. The second-order valence-electron chi connectivity index (χ2n) is 3.63. The van der Waals surface area contributed by atoms with Crippen molar-refractivity contribution in [3.05, 3.63) is 28.2 Å². The van der Waals surface area contributed by atoms with Gasteiger partial charge in [0, 0.05) is 7.05 Å². The van der Waals surface area contributed by atoms with Gasteiger partial charge in [-0.05, 0) is 25.1 Å². The Hall–Kier alpha value is -1.46. The Balaban J connectivity index is 2.82. The van der Waals surface area contributed by atoms with E-state index in [1.54, 1.807) is 32.2 Å². The van der Waals surface area contributed by atoms with Crippen LogP contribution in [0, 0.1) is 0 Å². The monoisotopic (exact) mass is 304 g/mol. The van der Waals surface area contributed by atoms with Gasteiger partial charge in [0.2, 0.25) is 6.41 Å². The van der Waals surface area contributed by atoms with Crippen LogP contribution in [-0.4, -0.2) is 37.6 Å². The van der Waals surface area contributed by atoms with Crippen LogP contribution in [0.3, 0.4) is 0 Å². The van der Waals surface area contributed by atoms with E-state index in [4.69, 9.17) is 27.9 Å². The van der Waals surface area contributed by atoms with Crippen LogP contribution in [0.2, 0.25) is 10.0 Å². The van der Waals surface area contributed by atoms with Crippen LogP contribution in [0.25, 0.3) is 0 Å². The molecule has 1 amide bonds. The number of anilines is 1. The number of carbonyl (C=O) groups excluding carboxylic acids is 2. The van der Waals surface area contributed by atoms with Crippen molar-refractivity contribution in [3.8, 4) is 0 Å². The molecule has 0 aliphatic heterocycles. The SMILES string of the molecule is CCOC(=O)CN(C=O)N(C)c1ccc(Cl)c(Cl)c1. The van der Waals surface area contributed by atoms with Crippen molar-refractivity contribution < 1.29 is 14.3 Å². The van der Waals surface area contributed by atoms with Gasteiger partial charge in [0.15, 0.2) is 0 Å². The lowest BCUT2D eigenvalue weighted by atomic mass is 10.3. The van der Waals surface area contributed by atoms with Crippen LogP contribution >= 0.6 is 23.2 Å². The molecule has 7 heteroatoms. The lowest BCUT2D eigenvalue weighted by Crippen LogP contribution is -2.42. The van der Waals surface area contributed by atoms with Gasteiger partial charge in [-0.2, -0.15) is 0 Å². The maximum atomic E-state index is 11.4. The molecule has 104 valence electrons. The molecule has 0 radical (unpaired) electrons. The lowest BCUT2D eigenvalue weighted by molar-refractivity contribution is -0.146. The normalized spacial score (nSPS) is 9.89. The molecular formula is C12H14Cl2N2O3. The molecule has 5 nitrogen and oxygen atoms in total. The average molecular weight is 305 g/mol. The van der Waals surface area contributed by atoms with Gasteiger partial charge in [-0.15, -0.1) is 0 Å². The Morgan fingerprint density at radius 2 is 2.05 bits per heavy atom. The van der Waals surface area contributed by atoms with E-state index in [2.05, 4.69) is 0 Å². The summed E-state index contributed by atoms with van der Waals surface area (Å²) in [7, 11) is 1.63. The third-order valence-corrected chi connectivity index (χ3v) is 3.12. The van der Waals surface area contributed by atoms with Gasteiger partial charge in [0.25, 0.3) is 0 Å². The van der Waals surface area contributed by atoms with Gasteiger partial charge in [0.05, 0.1) is 22.3 Å². The molecule has 1 rings (SSSR count). The summed E-state index contributed by atoms with van der Waals surface area (Å²) in [6.45, 7) is 1.79. The fourth-order valence-corrected chi connectivity index (χ4v) is 1.68. The maximum absolute atomic E-state index is 11.4. The number of halogens is 2. The van der Waals surface area contributed by atoms with Crippen LogP contribution in [0.4, 0.5) is 5.69 Å². The Labute approximate surface area is 121 Å². The first-order valence-corrected chi connectivity index (χ1v) is 6.31. The minimum absolute atomic E-state index is 0.173. The summed E-state index contributed by atoms with van der Waals surface area (Å²) in [4.78, 5) is 22.4. The summed E-state index contributed by atoms with van der Waals surface area (Å²) >= 11 is 11.7. The predicted octanol–water partition coefficient (Wildman–Crippen LogP) is 2.37. The van der Waals surface area contributed by atoms with E-state index in [1.165, 1.54) is 10.0 Å². The molecule has 0 N–H and O–H groups in total. The van der Waals surface area contributed by atoms with E-state index in [-0.39, 0.29) is 13.2 Å². The Morgan fingerprint density at radius 3 is 2.58 bits per heavy atom. The highest BCUT2D eigenvalue weighted by Gasteiger charge is 2.15. The Bertz CT molecular complexity index is 468. The number of ether oxygens (including phenoxy) is 1. The van der Waals surface area contributed by atoms with E-state index in [0.29, 0.717) is 22.1 Å². The predicted molar refractivity (Wildman–Crippen MR) is 74.3 cm³/mol. The molecule has 0 unspecified atom stereocenters. The van der Waals surface area contributed by atoms with Gasteiger partial charge in [-0.1, -0.05) is 23.2 Å². The summed E-state index contributed by atoms with van der Waals surface area (Å²) in [5.41, 5.74) is 0.630. The van der Waals surface area contributed by atoms with E-state index in [9.17, 15) is 9.59 Å². The third-order valence-electron chi connectivity index (χ3n) is 2.38. The molecule has 0 saturated carbocycles. The van der Waals surface area contributed by atoms with Crippen molar-refractivity contribution in [1.82, 2.24) is 5.01 Å². The molecular weight excluding hydrogens is 291 g/mol. The summed E-state index contributed by atoms with van der Waals surface area (Å²) in [6.07, 6.45) is 0.541. The van der Waals surface area contributed by atoms with Crippen LogP contribution in [0.1, 0.15) is 6.92 Å². The van der Waals surface area contributed by atoms with Crippen molar-refractivity contribution in [2.45, 2.75) is 6.92 Å². The minimum atomic E-state index is -0.485. The first kappa shape index (κ1) is 15.6. The number of esters is 1. The Kier molecular flexibility index (Phi) is 5.92. The smallest absolute Gasteiger partial charge is 0.327 e. The average Bonchev–Trinajstić information content (AvgIpc) is 2.38. The van der Waals surface area contributed by atoms with E-state index in [0.717, 1.165) is 0 Å². The van der Waals surface area contributed by atoms with Crippen LogP contribution in [0.15, 0.2) is 18.2 Å². The highest BCUT2D eigenvalue weighted by Crippen LogP contribution is 2.27. The molecule has 1 aromatic rings. The van der Waals surface area contributed by atoms with Crippen LogP contribution < -0.4 is 5.01 Å². The Morgan fingerprint density at radius 1 is 1.37 bits per heavy atom. The number of nitrogens with zero attached hydrogens (tertiary/aromatic N) is 2. The number of amides is 1. The van der Waals surface area contributed by atoms with E-state index < -0.39 is 5.97 Å². The maximum Gasteiger partial charge on any atom is 0.327 e. The van der Waals surface area contributed by atoms with Crippen LogP contribution in [-0.2, 0) is 14.3 Å². The van der Waals surface area contributed by atoms with Crippen molar-refractivity contribution in [3.63, 3.8) is 0 Å². The summed E-state index contributed by atoms with van der Waals surface area (Å²) in [5.74, 6) is -0.485. The topological polar surface area (TPSA) is 49.9 Å². The minimum Gasteiger partial charge on any atom is -0.465 e. The van der Waals surface area contributed by atoms with Gasteiger partial charge in [-0.3, -0.25) is 14.6 Å². The van der Waals surface area contributed by atoms with Crippen molar-refractivity contribution in [2.75, 3.05) is 25.2 Å². The lowest BCUT2D eigenvalue weighted by Gasteiger charge is -2.29. The number of benzene rings is 1. The molecule has 0 aromatic heterocycles. The number of carbonyl (C=O) groups is 2. The van der Waals surface area contributed by atoms with Gasteiger partial charge < -0.3 is 4.74 Å². The summed E-state index contributed by atoms with van der Waals surface area (Å²) in [5, 5.41) is 3.46. The van der Waals surface area contributed by atoms with Crippen molar-refractivity contribution in [2.24, 2.45) is 0 Å². The molecule has 19 heavy (non-hydrogen) atoms.